The van der Waals surface area contributed by atoms with Crippen molar-refractivity contribution >= 4 is 28.4 Å². The summed E-state index contributed by atoms with van der Waals surface area (Å²) >= 11 is 1.93. The highest BCUT2D eigenvalue weighted by Gasteiger charge is 2.17. The number of rotatable bonds is 3. The lowest BCUT2D eigenvalue weighted by atomic mass is 10.1. The lowest BCUT2D eigenvalue weighted by molar-refractivity contribution is -0.121. The van der Waals surface area contributed by atoms with Gasteiger partial charge in [-0.3, -0.25) is 14.2 Å². The summed E-state index contributed by atoms with van der Waals surface area (Å²) in [6.45, 7) is 5.26. The van der Waals surface area contributed by atoms with Crippen LogP contribution in [0.25, 0.3) is 0 Å². The molecule has 0 N–H and O–H groups in total. The average molecular weight is 320 g/mol. The van der Waals surface area contributed by atoms with Gasteiger partial charge < -0.3 is 0 Å². The number of carbonyl (C=O) groups excluding carboxylic acids is 1. The van der Waals surface area contributed by atoms with Gasteiger partial charge in [-0.25, -0.2) is 4.98 Å². The van der Waals surface area contributed by atoms with Crippen molar-refractivity contribution in [2.75, 3.05) is 0 Å². The first-order valence-electron chi connectivity index (χ1n) is 4.75. The van der Waals surface area contributed by atoms with E-state index >= 15 is 0 Å². The molecular formula is C10H13IN2O2. The molecule has 0 fully saturated rings. The molecule has 0 aliphatic carbocycles. The summed E-state index contributed by atoms with van der Waals surface area (Å²) in [6, 6.07) is -0.426. The summed E-state index contributed by atoms with van der Waals surface area (Å²) in [5, 5.41) is 0. The fourth-order valence-electron chi connectivity index (χ4n) is 1.43. The zero-order chi connectivity index (χ0) is 11.6. The van der Waals surface area contributed by atoms with Crippen LogP contribution in [0.3, 0.4) is 0 Å². The number of nitrogens with zero attached hydrogens (tertiary/aromatic N) is 2. The van der Waals surface area contributed by atoms with Gasteiger partial charge in [0.2, 0.25) is 0 Å². The van der Waals surface area contributed by atoms with Gasteiger partial charge in [0, 0.05) is 12.6 Å². The van der Waals surface area contributed by atoms with Crippen molar-refractivity contribution < 1.29 is 4.79 Å². The first kappa shape index (κ1) is 12.4. The van der Waals surface area contributed by atoms with Gasteiger partial charge in [0.1, 0.15) is 5.82 Å². The summed E-state index contributed by atoms with van der Waals surface area (Å²) < 4.78 is 1.99. The smallest absolute Gasteiger partial charge is 0.267 e. The Morgan fingerprint density at radius 2 is 2.27 bits per heavy atom. The Morgan fingerprint density at radius 1 is 1.67 bits per heavy atom. The number of ketones is 1. The highest BCUT2D eigenvalue weighted by Crippen LogP contribution is 2.09. The first-order chi connectivity index (χ1) is 6.99. The van der Waals surface area contributed by atoms with E-state index in [0.717, 1.165) is 0 Å². The Balaban J connectivity index is 3.30. The van der Waals surface area contributed by atoms with Crippen LogP contribution in [-0.4, -0.2) is 15.3 Å². The molecule has 4 nitrogen and oxygen atoms in total. The van der Waals surface area contributed by atoms with Crippen molar-refractivity contribution in [1.29, 1.82) is 0 Å². The number of carbonyl (C=O) groups is 1. The van der Waals surface area contributed by atoms with Crippen molar-refractivity contribution in [1.82, 2.24) is 9.55 Å². The molecule has 0 radical (unpaired) electrons. The molecule has 1 aromatic heterocycles. The number of aryl methyl sites for hydroxylation is 1. The van der Waals surface area contributed by atoms with E-state index in [1.165, 1.54) is 10.8 Å². The number of hydrogen-bond donors (Lipinski definition) is 0. The third-order valence-electron chi connectivity index (χ3n) is 2.34. The molecule has 82 valence electrons. The molecule has 1 atom stereocenters. The van der Waals surface area contributed by atoms with E-state index in [9.17, 15) is 9.59 Å². The molecule has 0 amide bonds. The lowest BCUT2D eigenvalue weighted by Crippen LogP contribution is -2.31. The second kappa shape index (κ2) is 4.87. The second-order valence-electron chi connectivity index (χ2n) is 3.32. The zero-order valence-electron chi connectivity index (χ0n) is 8.95. The zero-order valence-corrected chi connectivity index (χ0v) is 11.1. The predicted molar refractivity (Wildman–Crippen MR) is 66.0 cm³/mol. The van der Waals surface area contributed by atoms with Crippen molar-refractivity contribution in [3.05, 3.63) is 25.9 Å². The topological polar surface area (TPSA) is 52.0 Å². The Labute approximate surface area is 102 Å². The van der Waals surface area contributed by atoms with E-state index in [-0.39, 0.29) is 11.3 Å². The van der Waals surface area contributed by atoms with Crippen molar-refractivity contribution in [2.45, 2.75) is 33.2 Å². The largest absolute Gasteiger partial charge is 0.297 e. The van der Waals surface area contributed by atoms with Gasteiger partial charge >= 0.3 is 0 Å². The third-order valence-corrected chi connectivity index (χ3v) is 3.08. The minimum absolute atomic E-state index is 0.0454. The van der Waals surface area contributed by atoms with Crippen molar-refractivity contribution in [3.8, 4) is 0 Å². The first-order valence-corrected chi connectivity index (χ1v) is 5.83. The van der Waals surface area contributed by atoms with E-state index in [1.54, 1.807) is 20.8 Å². The molecule has 1 unspecified atom stereocenters. The number of Topliss-reactive ketones (excluding diaryl/α,β-unsaturated/α-hetero) is 1. The van der Waals surface area contributed by atoms with E-state index in [0.29, 0.717) is 15.8 Å². The molecule has 1 rings (SSSR count). The van der Waals surface area contributed by atoms with Crippen molar-refractivity contribution in [3.63, 3.8) is 0 Å². The summed E-state index contributed by atoms with van der Waals surface area (Å²) in [5.74, 6) is 0.624. The van der Waals surface area contributed by atoms with Crippen LogP contribution in [0.4, 0.5) is 0 Å². The maximum atomic E-state index is 11.8. The SMILES string of the molecule is CCC(=O)C(C)n1c(C)ncc(I)c1=O. The number of halogens is 1. The minimum Gasteiger partial charge on any atom is -0.297 e. The molecule has 15 heavy (non-hydrogen) atoms. The molecule has 0 aromatic carbocycles. The van der Waals surface area contributed by atoms with E-state index in [2.05, 4.69) is 4.98 Å². The molecule has 0 spiro atoms. The van der Waals surface area contributed by atoms with Crippen LogP contribution in [0.5, 0.6) is 0 Å². The fraction of sp³-hybridized carbons (Fsp3) is 0.500. The quantitative estimate of drug-likeness (QED) is 0.797. The van der Waals surface area contributed by atoms with Crippen LogP contribution in [0, 0.1) is 10.5 Å². The van der Waals surface area contributed by atoms with Gasteiger partial charge in [-0.15, -0.1) is 0 Å². The molecule has 5 heteroatoms. The minimum atomic E-state index is -0.426. The summed E-state index contributed by atoms with van der Waals surface area (Å²) in [4.78, 5) is 27.4. The maximum absolute atomic E-state index is 11.8. The van der Waals surface area contributed by atoms with Crippen LogP contribution in [0.15, 0.2) is 11.0 Å². The maximum Gasteiger partial charge on any atom is 0.267 e. The Kier molecular flexibility index (Phi) is 4.01. The monoisotopic (exact) mass is 320 g/mol. The van der Waals surface area contributed by atoms with Crippen LogP contribution < -0.4 is 5.56 Å². The Hall–Kier alpha value is -0.720. The molecule has 0 aliphatic heterocycles. The molecule has 1 aromatic rings. The number of hydrogen-bond acceptors (Lipinski definition) is 3. The highest BCUT2D eigenvalue weighted by atomic mass is 127. The Morgan fingerprint density at radius 3 is 2.80 bits per heavy atom. The van der Waals surface area contributed by atoms with E-state index in [1.807, 2.05) is 22.6 Å². The predicted octanol–water partition coefficient (Wildman–Crippen LogP) is 1.70. The van der Waals surface area contributed by atoms with Gasteiger partial charge in [-0.05, 0) is 36.4 Å². The fourth-order valence-corrected chi connectivity index (χ4v) is 1.82. The van der Waals surface area contributed by atoms with Gasteiger partial charge in [-0.2, -0.15) is 0 Å². The molecular weight excluding hydrogens is 307 g/mol. The molecule has 0 bridgehead atoms. The average Bonchev–Trinajstić information content (AvgIpc) is 2.22. The van der Waals surface area contributed by atoms with Gasteiger partial charge in [0.25, 0.3) is 5.56 Å². The summed E-state index contributed by atoms with van der Waals surface area (Å²) in [6.07, 6.45) is 1.95. The van der Waals surface area contributed by atoms with E-state index < -0.39 is 6.04 Å². The molecule has 0 aliphatic rings. The van der Waals surface area contributed by atoms with Crippen LogP contribution in [-0.2, 0) is 4.79 Å². The molecule has 1 heterocycles. The van der Waals surface area contributed by atoms with Gasteiger partial charge in [0.05, 0.1) is 9.61 Å². The number of aromatic nitrogens is 2. The molecule has 0 saturated carbocycles. The normalized spacial score (nSPS) is 12.5. The van der Waals surface area contributed by atoms with E-state index in [4.69, 9.17) is 0 Å². The van der Waals surface area contributed by atoms with Crippen LogP contribution in [0.1, 0.15) is 32.1 Å². The van der Waals surface area contributed by atoms with Crippen LogP contribution in [0.2, 0.25) is 0 Å². The Bertz CT molecular complexity index is 440. The standard InChI is InChI=1S/C10H13IN2O2/c1-4-9(14)6(2)13-7(3)12-5-8(11)10(13)15/h5-6H,4H2,1-3H3. The summed E-state index contributed by atoms with van der Waals surface area (Å²) in [7, 11) is 0. The highest BCUT2D eigenvalue weighted by molar-refractivity contribution is 14.1. The van der Waals surface area contributed by atoms with Crippen molar-refractivity contribution in [2.24, 2.45) is 0 Å². The summed E-state index contributed by atoms with van der Waals surface area (Å²) in [5.41, 5.74) is -0.141. The third kappa shape index (κ3) is 2.45. The lowest BCUT2D eigenvalue weighted by Gasteiger charge is -2.15. The molecule has 0 saturated heterocycles. The van der Waals surface area contributed by atoms with Gasteiger partial charge in [0.15, 0.2) is 5.78 Å². The van der Waals surface area contributed by atoms with Gasteiger partial charge in [-0.1, -0.05) is 6.92 Å². The van der Waals surface area contributed by atoms with Crippen LogP contribution >= 0.6 is 22.6 Å². The second-order valence-corrected chi connectivity index (χ2v) is 4.49.